The number of furan rings is 1. The van der Waals surface area contributed by atoms with Crippen LogP contribution >= 0.6 is 0 Å². The van der Waals surface area contributed by atoms with E-state index in [2.05, 4.69) is 123 Å². The molecule has 0 N–H and O–H groups in total. The molecule has 9 rings (SSSR count). The Bertz CT molecular complexity index is 2530. The first-order valence-electron chi connectivity index (χ1n) is 18.8. The van der Waals surface area contributed by atoms with Crippen LogP contribution in [-0.4, -0.2) is 14.5 Å². The van der Waals surface area contributed by atoms with E-state index in [1.54, 1.807) is 0 Å². The number of rotatable bonds is 4. The average molecular weight is 873 g/mol. The maximum absolute atomic E-state index is 9.06. The number of para-hydroxylation sites is 3. The number of pyridine rings is 1. The average Bonchev–Trinajstić information content (AvgIpc) is 3.77. The van der Waals surface area contributed by atoms with Crippen molar-refractivity contribution < 1.29 is 25.9 Å². The van der Waals surface area contributed by atoms with Gasteiger partial charge in [-0.2, -0.15) is 0 Å². The zero-order chi connectivity index (χ0) is 36.8. The third kappa shape index (κ3) is 7.51. The van der Waals surface area contributed by atoms with Crippen LogP contribution in [0.25, 0.3) is 66.7 Å². The smallest absolute Gasteiger partial charge is 0.120 e. The van der Waals surface area contributed by atoms with Crippen LogP contribution in [0.4, 0.5) is 0 Å². The van der Waals surface area contributed by atoms with E-state index in [0.717, 1.165) is 92.5 Å². The van der Waals surface area contributed by atoms with Gasteiger partial charge in [0, 0.05) is 38.6 Å². The predicted octanol–water partition coefficient (Wildman–Crippen LogP) is 13.1. The van der Waals surface area contributed by atoms with Crippen molar-refractivity contribution in [1.82, 2.24) is 14.5 Å². The molecule has 5 heteroatoms. The second kappa shape index (κ2) is 14.9. The van der Waals surface area contributed by atoms with Crippen molar-refractivity contribution in [2.45, 2.75) is 71.7 Å². The number of hydrogen-bond donors (Lipinski definition) is 0. The number of aromatic nitrogens is 3. The van der Waals surface area contributed by atoms with E-state index < -0.39 is 5.89 Å². The van der Waals surface area contributed by atoms with E-state index >= 15 is 0 Å². The monoisotopic (exact) mass is 873 g/mol. The minimum absolute atomic E-state index is 0. The summed E-state index contributed by atoms with van der Waals surface area (Å²) in [5.41, 5.74) is 10.3. The van der Waals surface area contributed by atoms with Crippen LogP contribution < -0.4 is 0 Å². The summed E-state index contributed by atoms with van der Waals surface area (Å²) in [4.78, 5) is 9.43. The molecule has 0 atom stereocenters. The number of benzene rings is 5. The molecule has 5 aromatic carbocycles. The Balaban J connectivity index is 0.000000191. The fourth-order valence-electron chi connectivity index (χ4n) is 7.46. The van der Waals surface area contributed by atoms with Gasteiger partial charge in [-0.3, -0.25) is 4.98 Å². The van der Waals surface area contributed by atoms with Crippen LogP contribution in [0.15, 0.2) is 132 Å². The topological polar surface area (TPSA) is 43.9 Å². The Morgan fingerprint density at radius 1 is 0.792 bits per heavy atom. The van der Waals surface area contributed by atoms with E-state index in [1.807, 2.05) is 60.8 Å². The quantitative estimate of drug-likeness (QED) is 0.166. The molecule has 4 nitrogen and oxygen atoms in total. The molecule has 1 saturated carbocycles. The van der Waals surface area contributed by atoms with Gasteiger partial charge in [-0.15, -0.1) is 54.1 Å². The van der Waals surface area contributed by atoms with Gasteiger partial charge < -0.3 is 14.0 Å². The van der Waals surface area contributed by atoms with Crippen molar-refractivity contribution in [2.75, 3.05) is 0 Å². The number of hydrogen-bond acceptors (Lipinski definition) is 3. The Labute approximate surface area is 328 Å². The zero-order valence-electron chi connectivity index (χ0n) is 32.0. The number of nitrogens with zero attached hydrogens (tertiary/aromatic N) is 3. The van der Waals surface area contributed by atoms with Crippen LogP contribution in [0.2, 0.25) is 0 Å². The molecule has 3 aromatic heterocycles. The Morgan fingerprint density at radius 2 is 1.53 bits per heavy atom. The normalized spacial score (nSPS) is 15.4. The minimum atomic E-state index is -0.469. The first kappa shape index (κ1) is 35.2. The van der Waals surface area contributed by atoms with E-state index in [-0.39, 0.29) is 25.6 Å². The van der Waals surface area contributed by atoms with Gasteiger partial charge in [-0.05, 0) is 104 Å². The summed E-state index contributed by atoms with van der Waals surface area (Å²) >= 11 is 0. The first-order valence-corrected chi connectivity index (χ1v) is 18.3. The maximum Gasteiger partial charge on any atom is 0.120 e. The zero-order valence-corrected chi connectivity index (χ0v) is 33.4. The molecule has 0 aliphatic heterocycles. The fourth-order valence-corrected chi connectivity index (χ4v) is 7.46. The standard InChI is InChI=1S/C31H28NO.C17H17N2.Ir/c1-31(2)17-14-23(15-18-31)21-10-12-22(13-11-21)24-16-19-32-28(20-24)27-8-5-7-26-25-6-3-4-9-29(25)33-30(26)27;1-17(2,3)19-15-12-8-7-11-14(15)18-16(19)13-9-5-4-6-10-13;/h3-7,9-13,16,19-20,23H,14-15,17-18H2,1-2H3;4-9,11-12H,1-3H3;/q2*-1;/i23D;;. The van der Waals surface area contributed by atoms with Crippen LogP contribution in [0.5, 0.6) is 0 Å². The van der Waals surface area contributed by atoms with Crippen LogP contribution in [0.3, 0.4) is 0 Å². The summed E-state index contributed by atoms with van der Waals surface area (Å²) < 4.78 is 17.5. The van der Waals surface area contributed by atoms with Crippen molar-refractivity contribution in [2.24, 2.45) is 5.41 Å². The van der Waals surface area contributed by atoms with Crippen LogP contribution in [0, 0.1) is 17.5 Å². The Hall–Kier alpha value is -4.83. The second-order valence-electron chi connectivity index (χ2n) is 15.7. The van der Waals surface area contributed by atoms with Gasteiger partial charge in [0.2, 0.25) is 0 Å². The summed E-state index contributed by atoms with van der Waals surface area (Å²) in [5.74, 6) is 0.512. The molecular formula is C48H45IrN3O-2. The van der Waals surface area contributed by atoms with Crippen molar-refractivity contribution in [3.63, 3.8) is 0 Å². The van der Waals surface area contributed by atoms with Gasteiger partial charge in [0.25, 0.3) is 0 Å². The van der Waals surface area contributed by atoms with Crippen molar-refractivity contribution in [1.29, 1.82) is 0 Å². The van der Waals surface area contributed by atoms with Crippen LogP contribution in [0.1, 0.15) is 73.1 Å². The maximum atomic E-state index is 9.06. The summed E-state index contributed by atoms with van der Waals surface area (Å²) in [6.07, 6.45) is 5.92. The van der Waals surface area contributed by atoms with Gasteiger partial charge in [0.05, 0.1) is 22.4 Å². The third-order valence-electron chi connectivity index (χ3n) is 10.4. The molecule has 8 aromatic rings. The molecule has 0 bridgehead atoms. The minimum Gasteiger partial charge on any atom is -0.501 e. The molecule has 0 unspecified atom stereocenters. The number of fused-ring (bicyclic) bond motifs is 4. The van der Waals surface area contributed by atoms with E-state index in [0.29, 0.717) is 5.41 Å². The van der Waals surface area contributed by atoms with Gasteiger partial charge >= 0.3 is 0 Å². The molecular weight excluding hydrogens is 827 g/mol. The van der Waals surface area contributed by atoms with E-state index in [4.69, 9.17) is 10.8 Å². The molecule has 1 fully saturated rings. The summed E-state index contributed by atoms with van der Waals surface area (Å²) in [6, 6.07) is 47.7. The second-order valence-corrected chi connectivity index (χ2v) is 15.7. The molecule has 0 spiro atoms. The first-order chi connectivity index (χ1) is 25.5. The SMILES string of the molecule is CC(C)(C)n1c(-c2[c-]cccc2)nc2ccccc21.[2H]C1(c2ccc(-c3ccnc(-c4[c-]ccc5c4oc4ccccc45)c3)cc2)CCC(C)(C)CC1.[Ir]. The molecule has 269 valence electrons. The fraction of sp³-hybridized carbons (Fsp3) is 0.250. The summed E-state index contributed by atoms with van der Waals surface area (Å²) in [6.45, 7) is 11.2. The predicted molar refractivity (Wildman–Crippen MR) is 215 cm³/mol. The van der Waals surface area contributed by atoms with E-state index in [1.165, 1.54) is 5.52 Å². The largest absolute Gasteiger partial charge is 0.501 e. The molecule has 1 aliphatic carbocycles. The molecule has 1 aliphatic rings. The van der Waals surface area contributed by atoms with Crippen LogP contribution in [-0.2, 0) is 25.6 Å². The van der Waals surface area contributed by atoms with Gasteiger partial charge in [-0.25, -0.2) is 0 Å². The van der Waals surface area contributed by atoms with Gasteiger partial charge in [0.1, 0.15) is 5.58 Å². The number of imidazole rings is 1. The van der Waals surface area contributed by atoms with Gasteiger partial charge in [-0.1, -0.05) is 85.5 Å². The van der Waals surface area contributed by atoms with Crippen molar-refractivity contribution in [3.8, 4) is 33.8 Å². The Kier molecular flexibility index (Phi) is 9.89. The molecule has 0 amide bonds. The van der Waals surface area contributed by atoms with E-state index in [9.17, 15) is 0 Å². The molecule has 53 heavy (non-hydrogen) atoms. The molecule has 3 heterocycles. The van der Waals surface area contributed by atoms with Gasteiger partial charge in [0.15, 0.2) is 0 Å². The van der Waals surface area contributed by atoms with Crippen molar-refractivity contribution >= 4 is 33.0 Å². The molecule has 1 radical (unpaired) electrons. The summed E-state index contributed by atoms with van der Waals surface area (Å²) in [5, 5.41) is 2.19. The summed E-state index contributed by atoms with van der Waals surface area (Å²) in [7, 11) is 0. The molecule has 0 saturated heterocycles. The van der Waals surface area contributed by atoms with Crippen molar-refractivity contribution in [3.05, 3.63) is 145 Å². The Morgan fingerprint density at radius 3 is 2.28 bits per heavy atom. The third-order valence-corrected chi connectivity index (χ3v) is 10.4.